The lowest BCUT2D eigenvalue weighted by Crippen LogP contribution is -1.97. The smallest absolute Gasteiger partial charge is 0.216 e. The molecular weight excluding hydrogens is 323 g/mol. The Hall–Kier alpha value is -2.31. The Labute approximate surface area is 135 Å². The summed E-state index contributed by atoms with van der Waals surface area (Å²) in [6.07, 6.45) is 1.33. The van der Waals surface area contributed by atoms with Crippen molar-refractivity contribution in [1.82, 2.24) is 14.9 Å². The predicted molar refractivity (Wildman–Crippen MR) is 87.2 cm³/mol. The largest absolute Gasteiger partial charge is 0.250 e. The van der Waals surface area contributed by atoms with E-state index in [1.165, 1.54) is 23.0 Å². The maximum Gasteiger partial charge on any atom is 0.216 e. The van der Waals surface area contributed by atoms with E-state index < -0.39 is 5.82 Å². The molecule has 0 fully saturated rings. The van der Waals surface area contributed by atoms with Crippen molar-refractivity contribution >= 4 is 30.0 Å². The Morgan fingerprint density at radius 3 is 2.68 bits per heavy atom. The molecule has 0 saturated carbocycles. The molecule has 0 amide bonds. The molecule has 4 nitrogen and oxygen atoms in total. The molecule has 0 aliphatic heterocycles. The SMILES string of the molecule is Fc1cccc(Cl)c1C=Nn1c(-c2ccccc2)n[nH]c1=S. The normalized spacial score (nSPS) is 11.2. The molecule has 0 saturated heterocycles. The van der Waals surface area contributed by atoms with Gasteiger partial charge in [0.2, 0.25) is 4.77 Å². The van der Waals surface area contributed by atoms with Gasteiger partial charge in [-0.15, -0.1) is 0 Å². The fourth-order valence-electron chi connectivity index (χ4n) is 1.92. The van der Waals surface area contributed by atoms with Crippen LogP contribution in [0.25, 0.3) is 11.4 Å². The number of benzene rings is 2. The van der Waals surface area contributed by atoms with E-state index in [1.54, 1.807) is 6.07 Å². The van der Waals surface area contributed by atoms with E-state index in [4.69, 9.17) is 23.8 Å². The summed E-state index contributed by atoms with van der Waals surface area (Å²) in [6.45, 7) is 0. The predicted octanol–water partition coefficient (Wildman–Crippen LogP) is 4.28. The molecule has 0 spiro atoms. The van der Waals surface area contributed by atoms with Gasteiger partial charge in [0.15, 0.2) is 5.82 Å². The molecule has 0 atom stereocenters. The van der Waals surface area contributed by atoms with Crippen molar-refractivity contribution in [3.05, 3.63) is 69.7 Å². The summed E-state index contributed by atoms with van der Waals surface area (Å²) in [5.41, 5.74) is 1.04. The highest BCUT2D eigenvalue weighted by atomic mass is 35.5. The molecule has 0 radical (unpaired) electrons. The van der Waals surface area contributed by atoms with Gasteiger partial charge < -0.3 is 0 Å². The molecule has 110 valence electrons. The van der Waals surface area contributed by atoms with Gasteiger partial charge in [0.1, 0.15) is 5.82 Å². The number of nitrogens with zero attached hydrogens (tertiary/aromatic N) is 3. The number of H-pyrrole nitrogens is 1. The van der Waals surface area contributed by atoms with Gasteiger partial charge in [0, 0.05) is 11.1 Å². The van der Waals surface area contributed by atoms with Crippen molar-refractivity contribution in [2.45, 2.75) is 0 Å². The Kier molecular flexibility index (Phi) is 4.13. The van der Waals surface area contributed by atoms with Crippen LogP contribution >= 0.6 is 23.8 Å². The fraction of sp³-hybridized carbons (Fsp3) is 0. The molecule has 0 aliphatic carbocycles. The Morgan fingerprint density at radius 2 is 1.95 bits per heavy atom. The first kappa shape index (κ1) is 14.6. The molecule has 1 N–H and O–H groups in total. The third-order valence-electron chi connectivity index (χ3n) is 2.98. The summed E-state index contributed by atoms with van der Waals surface area (Å²) in [5, 5.41) is 11.3. The van der Waals surface area contributed by atoms with E-state index in [0.29, 0.717) is 10.6 Å². The maximum absolute atomic E-state index is 13.8. The van der Waals surface area contributed by atoms with E-state index in [2.05, 4.69) is 15.3 Å². The monoisotopic (exact) mass is 332 g/mol. The van der Waals surface area contributed by atoms with Crippen molar-refractivity contribution in [2.24, 2.45) is 5.10 Å². The molecule has 0 bridgehead atoms. The highest BCUT2D eigenvalue weighted by Gasteiger charge is 2.08. The van der Waals surface area contributed by atoms with Gasteiger partial charge in [-0.3, -0.25) is 0 Å². The molecule has 22 heavy (non-hydrogen) atoms. The molecule has 7 heteroatoms. The number of aromatic amines is 1. The Morgan fingerprint density at radius 1 is 1.18 bits per heavy atom. The van der Waals surface area contributed by atoms with Gasteiger partial charge in [0.25, 0.3) is 0 Å². The number of hydrogen-bond donors (Lipinski definition) is 1. The van der Waals surface area contributed by atoms with Crippen LogP contribution in [0.4, 0.5) is 4.39 Å². The fourth-order valence-corrected chi connectivity index (χ4v) is 2.31. The zero-order valence-corrected chi connectivity index (χ0v) is 12.8. The second-order valence-electron chi connectivity index (χ2n) is 4.41. The number of nitrogens with one attached hydrogen (secondary N) is 1. The zero-order valence-electron chi connectivity index (χ0n) is 11.2. The van der Waals surface area contributed by atoms with E-state index in [-0.39, 0.29) is 10.6 Å². The minimum absolute atomic E-state index is 0.200. The van der Waals surface area contributed by atoms with Crippen LogP contribution in [0.15, 0.2) is 53.6 Å². The summed E-state index contributed by atoms with van der Waals surface area (Å²) in [4.78, 5) is 0. The number of rotatable bonds is 3. The summed E-state index contributed by atoms with van der Waals surface area (Å²) in [6, 6.07) is 13.9. The lowest BCUT2D eigenvalue weighted by Gasteiger charge is -2.02. The molecule has 1 heterocycles. The summed E-state index contributed by atoms with van der Waals surface area (Å²) in [7, 11) is 0. The van der Waals surface area contributed by atoms with Crippen molar-refractivity contribution < 1.29 is 4.39 Å². The van der Waals surface area contributed by atoms with Gasteiger partial charge in [-0.1, -0.05) is 48.0 Å². The lowest BCUT2D eigenvalue weighted by molar-refractivity contribution is 0.625. The maximum atomic E-state index is 13.8. The first-order valence-corrected chi connectivity index (χ1v) is 7.16. The van der Waals surface area contributed by atoms with Crippen molar-refractivity contribution in [3.8, 4) is 11.4 Å². The van der Waals surface area contributed by atoms with Crippen molar-refractivity contribution in [1.29, 1.82) is 0 Å². The summed E-state index contributed by atoms with van der Waals surface area (Å²) < 4.78 is 15.5. The highest BCUT2D eigenvalue weighted by Crippen LogP contribution is 2.19. The van der Waals surface area contributed by atoms with Crippen LogP contribution in [-0.4, -0.2) is 21.1 Å². The van der Waals surface area contributed by atoms with Crippen LogP contribution in [-0.2, 0) is 0 Å². The molecule has 0 aliphatic rings. The van der Waals surface area contributed by atoms with Crippen molar-refractivity contribution in [2.75, 3.05) is 0 Å². The summed E-state index contributed by atoms with van der Waals surface area (Å²) in [5.74, 6) is 0.0850. The molecule has 3 aromatic rings. The standard InChI is InChI=1S/C15H10ClFN4S/c16-12-7-4-8-13(17)11(12)9-18-21-14(19-20-15(21)22)10-5-2-1-3-6-10/h1-9H,(H,20,22). The van der Waals surface area contributed by atoms with Gasteiger partial charge in [-0.25, -0.2) is 9.49 Å². The second-order valence-corrected chi connectivity index (χ2v) is 5.20. The van der Waals surface area contributed by atoms with Gasteiger partial charge in [-0.05, 0) is 24.4 Å². The average molecular weight is 333 g/mol. The first-order chi connectivity index (χ1) is 10.7. The second kappa shape index (κ2) is 6.21. The zero-order chi connectivity index (χ0) is 15.5. The van der Waals surface area contributed by atoms with Crippen LogP contribution in [0.2, 0.25) is 5.02 Å². The van der Waals surface area contributed by atoms with Crippen LogP contribution < -0.4 is 0 Å². The topological polar surface area (TPSA) is 46.0 Å². The molecular formula is C15H10ClFN4S. The third kappa shape index (κ3) is 2.84. The lowest BCUT2D eigenvalue weighted by atomic mass is 10.2. The number of hydrogen-bond acceptors (Lipinski definition) is 3. The molecule has 3 rings (SSSR count). The van der Waals surface area contributed by atoms with Gasteiger partial charge in [-0.2, -0.15) is 14.9 Å². The molecule has 2 aromatic carbocycles. The van der Waals surface area contributed by atoms with E-state index in [9.17, 15) is 4.39 Å². The number of halogens is 2. The summed E-state index contributed by atoms with van der Waals surface area (Å²) >= 11 is 11.1. The van der Waals surface area contributed by atoms with E-state index >= 15 is 0 Å². The average Bonchev–Trinajstić information content (AvgIpc) is 2.89. The first-order valence-electron chi connectivity index (χ1n) is 6.38. The van der Waals surface area contributed by atoms with E-state index in [1.807, 2.05) is 30.3 Å². The van der Waals surface area contributed by atoms with Gasteiger partial charge in [0.05, 0.1) is 11.2 Å². The Balaban J connectivity index is 2.05. The highest BCUT2D eigenvalue weighted by molar-refractivity contribution is 7.71. The van der Waals surface area contributed by atoms with Gasteiger partial charge >= 0.3 is 0 Å². The third-order valence-corrected chi connectivity index (χ3v) is 3.58. The van der Waals surface area contributed by atoms with Crippen LogP contribution in [0.1, 0.15) is 5.56 Å². The minimum atomic E-state index is -0.451. The van der Waals surface area contributed by atoms with Crippen molar-refractivity contribution in [3.63, 3.8) is 0 Å². The van der Waals surface area contributed by atoms with E-state index in [0.717, 1.165) is 5.56 Å². The Bertz CT molecular complexity index is 866. The molecule has 0 unspecified atom stereocenters. The van der Waals surface area contributed by atoms with Crippen LogP contribution in [0.5, 0.6) is 0 Å². The number of aromatic nitrogens is 3. The van der Waals surface area contributed by atoms with Crippen LogP contribution in [0, 0.1) is 10.6 Å². The van der Waals surface area contributed by atoms with Crippen LogP contribution in [0.3, 0.4) is 0 Å². The minimum Gasteiger partial charge on any atom is -0.250 e. The molecule has 1 aromatic heterocycles. The quantitative estimate of drug-likeness (QED) is 0.574.